The van der Waals surface area contributed by atoms with Crippen LogP contribution in [-0.4, -0.2) is 8.07 Å². The van der Waals surface area contributed by atoms with Gasteiger partial charge in [-0.25, -0.2) is 0 Å². The highest BCUT2D eigenvalue weighted by atomic mass is 28.3. The summed E-state index contributed by atoms with van der Waals surface area (Å²) in [6.45, 7) is 0. The average Bonchev–Trinajstić information content (AvgIpc) is 3.40. The molecule has 2 bridgehead atoms. The molecular weight excluding hydrogens is 364 g/mol. The highest BCUT2D eigenvalue weighted by Gasteiger charge is 2.49. The van der Waals surface area contributed by atoms with Crippen LogP contribution in [0.2, 0.25) is 5.54 Å². The van der Waals surface area contributed by atoms with Gasteiger partial charge in [0.2, 0.25) is 0 Å². The van der Waals surface area contributed by atoms with E-state index in [1.54, 1.807) is 0 Å². The van der Waals surface area contributed by atoms with Crippen molar-refractivity contribution in [1.82, 2.24) is 0 Å². The fraction of sp³-hybridized carbons (Fsp3) is 0.286. The summed E-state index contributed by atoms with van der Waals surface area (Å²) in [5.41, 5.74) is 5.51. The van der Waals surface area contributed by atoms with Crippen molar-refractivity contribution in [1.29, 1.82) is 0 Å². The van der Waals surface area contributed by atoms with Crippen molar-refractivity contribution in [2.75, 3.05) is 0 Å². The number of rotatable bonds is 7. The first-order chi connectivity index (χ1) is 14.3. The molecule has 0 spiro atoms. The molecule has 2 aliphatic carbocycles. The maximum absolute atomic E-state index is 2.57. The van der Waals surface area contributed by atoms with E-state index in [1.165, 1.54) is 47.7 Å². The molecule has 3 atom stereocenters. The highest BCUT2D eigenvalue weighted by Crippen LogP contribution is 2.53. The van der Waals surface area contributed by atoms with E-state index in [1.807, 2.05) is 0 Å². The first-order valence-corrected chi connectivity index (χ1v) is 13.8. The van der Waals surface area contributed by atoms with Crippen LogP contribution in [0.5, 0.6) is 0 Å². The molecular formula is C28H30Si. The SMILES string of the molecule is C1=CC2CC1CC2[Si](Cc1ccccc1)(Cc1ccccc1)Cc1ccccc1. The zero-order valence-electron chi connectivity index (χ0n) is 17.1. The molecule has 2 aliphatic rings. The minimum atomic E-state index is -1.69. The van der Waals surface area contributed by atoms with Gasteiger partial charge in [0.05, 0.1) is 8.07 Å². The fourth-order valence-electron chi connectivity index (χ4n) is 6.07. The number of fused-ring (bicyclic) bond motifs is 2. The lowest BCUT2D eigenvalue weighted by Crippen LogP contribution is -2.49. The number of hydrogen-bond acceptors (Lipinski definition) is 0. The van der Waals surface area contributed by atoms with Gasteiger partial charge >= 0.3 is 0 Å². The zero-order chi connectivity index (χ0) is 19.5. The Bertz CT molecular complexity index is 844. The van der Waals surface area contributed by atoms with E-state index in [4.69, 9.17) is 0 Å². The molecule has 0 aliphatic heterocycles. The van der Waals surface area contributed by atoms with Crippen molar-refractivity contribution >= 4 is 8.07 Å². The predicted octanol–water partition coefficient (Wildman–Crippen LogP) is 6.75. The molecule has 0 heterocycles. The Morgan fingerprint density at radius 3 is 1.34 bits per heavy atom. The normalized spacial score (nSPS) is 22.8. The molecule has 0 radical (unpaired) electrons. The smallest absolute Gasteiger partial charge is 0.0703 e. The van der Waals surface area contributed by atoms with Crippen LogP contribution in [0, 0.1) is 11.8 Å². The van der Waals surface area contributed by atoms with E-state index in [0.29, 0.717) is 0 Å². The number of hydrogen-bond donors (Lipinski definition) is 0. The maximum atomic E-state index is 2.57. The molecule has 0 saturated heterocycles. The Morgan fingerprint density at radius 2 is 1.00 bits per heavy atom. The Balaban J connectivity index is 1.58. The fourth-order valence-corrected chi connectivity index (χ4v) is 12.3. The van der Waals surface area contributed by atoms with Crippen LogP contribution in [0.3, 0.4) is 0 Å². The lowest BCUT2D eigenvalue weighted by molar-refractivity contribution is 0.655. The van der Waals surface area contributed by atoms with Crippen molar-refractivity contribution in [2.45, 2.75) is 36.5 Å². The standard InChI is InChI=1S/C28H30Si/c1-4-10-23(11-5-1)20-29(21-24-12-6-2-7-13-24,22-25-14-8-3-9-15-25)28-19-26-16-17-27(28)18-26/h1-17,26-28H,18-22H2. The second-order valence-corrected chi connectivity index (χ2v) is 13.8. The summed E-state index contributed by atoms with van der Waals surface area (Å²) in [5, 5.41) is 0. The molecule has 3 aromatic carbocycles. The summed E-state index contributed by atoms with van der Waals surface area (Å²) in [5.74, 6) is 1.64. The topological polar surface area (TPSA) is 0 Å². The van der Waals surface area contributed by atoms with Gasteiger partial charge in [-0.05, 0) is 48.4 Å². The second kappa shape index (κ2) is 8.16. The van der Waals surface area contributed by atoms with E-state index in [0.717, 1.165) is 17.4 Å². The van der Waals surface area contributed by atoms with Crippen LogP contribution in [0.25, 0.3) is 0 Å². The van der Waals surface area contributed by atoms with E-state index in [9.17, 15) is 0 Å². The molecule has 146 valence electrons. The summed E-state index contributed by atoms with van der Waals surface area (Å²) in [6, 6.07) is 37.8. The monoisotopic (exact) mass is 394 g/mol. The lowest BCUT2D eigenvalue weighted by atomic mass is 10.1. The van der Waals surface area contributed by atoms with Gasteiger partial charge in [0.1, 0.15) is 0 Å². The van der Waals surface area contributed by atoms with Gasteiger partial charge in [0.25, 0.3) is 0 Å². The summed E-state index contributed by atoms with van der Waals surface area (Å²) in [7, 11) is -1.69. The minimum Gasteiger partial charge on any atom is -0.0851 e. The summed E-state index contributed by atoms with van der Waals surface area (Å²) < 4.78 is 0. The number of benzene rings is 3. The van der Waals surface area contributed by atoms with Gasteiger partial charge in [0, 0.05) is 0 Å². The van der Waals surface area contributed by atoms with Crippen LogP contribution in [0.15, 0.2) is 103 Å². The Kier molecular flexibility index (Phi) is 5.24. The molecule has 0 aromatic heterocycles. The van der Waals surface area contributed by atoms with Crippen molar-refractivity contribution in [3.8, 4) is 0 Å². The molecule has 0 amide bonds. The van der Waals surface area contributed by atoms with Gasteiger partial charge < -0.3 is 0 Å². The lowest BCUT2D eigenvalue weighted by Gasteiger charge is -2.41. The molecule has 3 aromatic rings. The van der Waals surface area contributed by atoms with Gasteiger partial charge in [-0.15, -0.1) is 0 Å². The maximum Gasteiger partial charge on any atom is 0.0703 e. The van der Waals surface area contributed by atoms with E-state index < -0.39 is 8.07 Å². The number of allylic oxidation sites excluding steroid dienone is 2. The van der Waals surface area contributed by atoms with Crippen molar-refractivity contribution in [3.63, 3.8) is 0 Å². The minimum absolute atomic E-state index is 0.808. The van der Waals surface area contributed by atoms with Gasteiger partial charge in [-0.1, -0.05) is 120 Å². The predicted molar refractivity (Wildman–Crippen MR) is 125 cm³/mol. The third-order valence-electron chi connectivity index (χ3n) is 7.26. The highest BCUT2D eigenvalue weighted by molar-refractivity contribution is 6.79. The van der Waals surface area contributed by atoms with E-state index in [2.05, 4.69) is 103 Å². The average molecular weight is 395 g/mol. The Hall–Kier alpha value is -2.38. The van der Waals surface area contributed by atoms with Gasteiger partial charge in [0.15, 0.2) is 0 Å². The molecule has 1 fully saturated rings. The third kappa shape index (κ3) is 4.02. The molecule has 5 rings (SSSR count). The van der Waals surface area contributed by atoms with Crippen LogP contribution in [-0.2, 0) is 18.1 Å². The van der Waals surface area contributed by atoms with Crippen molar-refractivity contribution in [3.05, 3.63) is 120 Å². The van der Waals surface area contributed by atoms with Crippen LogP contribution >= 0.6 is 0 Å². The second-order valence-electron chi connectivity index (χ2n) is 9.24. The quantitative estimate of drug-likeness (QED) is 0.307. The van der Waals surface area contributed by atoms with Crippen molar-refractivity contribution < 1.29 is 0 Å². The molecule has 0 nitrogen and oxygen atoms in total. The molecule has 0 N–H and O–H groups in total. The van der Waals surface area contributed by atoms with E-state index in [-0.39, 0.29) is 0 Å². The molecule has 3 unspecified atom stereocenters. The Morgan fingerprint density at radius 1 is 0.552 bits per heavy atom. The molecule has 1 heteroatoms. The van der Waals surface area contributed by atoms with Crippen molar-refractivity contribution in [2.24, 2.45) is 11.8 Å². The molecule has 29 heavy (non-hydrogen) atoms. The van der Waals surface area contributed by atoms with E-state index >= 15 is 0 Å². The first kappa shape index (κ1) is 18.6. The zero-order valence-corrected chi connectivity index (χ0v) is 18.1. The van der Waals surface area contributed by atoms with Crippen LogP contribution in [0.1, 0.15) is 29.5 Å². The summed E-state index contributed by atoms with van der Waals surface area (Å²) in [6.07, 6.45) is 7.90. The first-order valence-electron chi connectivity index (χ1n) is 11.1. The largest absolute Gasteiger partial charge is 0.0851 e. The van der Waals surface area contributed by atoms with Crippen LogP contribution in [0.4, 0.5) is 0 Å². The van der Waals surface area contributed by atoms with Gasteiger partial charge in [-0.2, -0.15) is 0 Å². The van der Waals surface area contributed by atoms with Crippen LogP contribution < -0.4 is 0 Å². The third-order valence-corrected chi connectivity index (χ3v) is 12.8. The van der Waals surface area contributed by atoms with Gasteiger partial charge in [-0.3, -0.25) is 0 Å². The summed E-state index contributed by atoms with van der Waals surface area (Å²) in [4.78, 5) is 0. The molecule has 1 saturated carbocycles. The Labute approximate surface area is 176 Å². The summed E-state index contributed by atoms with van der Waals surface area (Å²) >= 11 is 0.